The third-order valence-electron chi connectivity index (χ3n) is 5.32. The van der Waals surface area contributed by atoms with E-state index < -0.39 is 0 Å². The van der Waals surface area contributed by atoms with Crippen molar-refractivity contribution >= 4 is 41.5 Å². The van der Waals surface area contributed by atoms with Gasteiger partial charge in [0.25, 0.3) is 0 Å². The fraction of sp³-hybridized carbons (Fsp3) is 0.304. The van der Waals surface area contributed by atoms with Gasteiger partial charge in [-0.2, -0.15) is 0 Å². The lowest BCUT2D eigenvalue weighted by molar-refractivity contribution is -0.119. The number of amides is 1. The zero-order chi connectivity index (χ0) is 22.5. The highest BCUT2D eigenvalue weighted by Gasteiger charge is 2.24. The molecule has 33 heavy (non-hydrogen) atoms. The fourth-order valence-electron chi connectivity index (χ4n) is 3.79. The van der Waals surface area contributed by atoms with Crippen LogP contribution < -0.4 is 20.9 Å². The molecule has 0 bridgehead atoms. The summed E-state index contributed by atoms with van der Waals surface area (Å²) in [5.41, 5.74) is 1.93. The molecule has 0 radical (unpaired) electrons. The number of carbonyl (C=O) groups excluding carboxylic acids is 1. The first kappa shape index (κ1) is 24.2. The summed E-state index contributed by atoms with van der Waals surface area (Å²) in [5.74, 6) is 1.60. The molecule has 3 heterocycles. The average molecular weight is 472 g/mol. The maximum Gasteiger partial charge on any atom is 0.217 e. The minimum absolute atomic E-state index is 0. The fourth-order valence-corrected chi connectivity index (χ4v) is 3.79. The Hall–Kier alpha value is -3.46. The van der Waals surface area contributed by atoms with E-state index in [9.17, 15) is 9.18 Å². The molecule has 3 N–H and O–H groups in total. The van der Waals surface area contributed by atoms with E-state index in [0.29, 0.717) is 17.5 Å². The molecule has 1 amide bonds. The number of anilines is 4. The van der Waals surface area contributed by atoms with E-state index in [2.05, 4.69) is 30.8 Å². The summed E-state index contributed by atoms with van der Waals surface area (Å²) in [6.07, 6.45) is 5.73. The number of aromatic nitrogens is 3. The van der Waals surface area contributed by atoms with Crippen LogP contribution in [0.1, 0.15) is 31.9 Å². The molecule has 1 unspecified atom stereocenters. The molecule has 174 valence electrons. The number of hydrogen-bond donors (Lipinski definition) is 3. The van der Waals surface area contributed by atoms with E-state index in [0.717, 1.165) is 30.8 Å². The van der Waals surface area contributed by atoms with Gasteiger partial charge in [-0.1, -0.05) is 12.1 Å². The smallest absolute Gasteiger partial charge is 0.217 e. The van der Waals surface area contributed by atoms with Crippen molar-refractivity contribution in [2.24, 2.45) is 0 Å². The van der Waals surface area contributed by atoms with Gasteiger partial charge in [-0.15, -0.1) is 12.4 Å². The number of pyridine rings is 1. The van der Waals surface area contributed by atoms with Crippen LogP contribution in [0.3, 0.4) is 0 Å². The highest BCUT2D eigenvalue weighted by atomic mass is 35.5. The molecule has 8 nitrogen and oxygen atoms in total. The van der Waals surface area contributed by atoms with Crippen LogP contribution in [-0.2, 0) is 4.79 Å². The van der Waals surface area contributed by atoms with E-state index in [1.165, 1.54) is 19.1 Å². The molecule has 0 aliphatic carbocycles. The molecule has 4 rings (SSSR count). The number of rotatable bonds is 7. The van der Waals surface area contributed by atoms with Crippen LogP contribution in [0.25, 0.3) is 0 Å². The van der Waals surface area contributed by atoms with Gasteiger partial charge in [0.15, 0.2) is 0 Å². The quantitative estimate of drug-likeness (QED) is 0.478. The summed E-state index contributed by atoms with van der Waals surface area (Å²) in [6.45, 7) is 5.09. The Bertz CT molecular complexity index is 1070. The molecule has 10 heteroatoms. The number of benzene rings is 1. The predicted molar refractivity (Wildman–Crippen MR) is 130 cm³/mol. The van der Waals surface area contributed by atoms with Gasteiger partial charge in [0.05, 0.1) is 6.20 Å². The summed E-state index contributed by atoms with van der Waals surface area (Å²) in [4.78, 5) is 26.7. The minimum atomic E-state index is -0.265. The highest BCUT2D eigenvalue weighted by Crippen LogP contribution is 2.29. The largest absolute Gasteiger partial charge is 0.369 e. The minimum Gasteiger partial charge on any atom is -0.369 e. The zero-order valence-corrected chi connectivity index (χ0v) is 19.3. The molecule has 2 aromatic heterocycles. The lowest BCUT2D eigenvalue weighted by Crippen LogP contribution is -2.35. The van der Waals surface area contributed by atoms with E-state index in [-0.39, 0.29) is 36.2 Å². The van der Waals surface area contributed by atoms with Crippen LogP contribution in [0.5, 0.6) is 0 Å². The third-order valence-corrected chi connectivity index (χ3v) is 5.32. The first-order valence-electron chi connectivity index (χ1n) is 10.6. The van der Waals surface area contributed by atoms with Gasteiger partial charge >= 0.3 is 0 Å². The van der Waals surface area contributed by atoms with Crippen molar-refractivity contribution in [1.82, 2.24) is 20.3 Å². The van der Waals surface area contributed by atoms with E-state index in [1.807, 2.05) is 19.1 Å². The molecule has 1 aliphatic heterocycles. The molecular weight excluding hydrogens is 445 g/mol. The molecule has 3 aromatic rings. The van der Waals surface area contributed by atoms with Crippen molar-refractivity contribution < 1.29 is 9.18 Å². The average Bonchev–Trinajstić information content (AvgIpc) is 3.22. The summed E-state index contributed by atoms with van der Waals surface area (Å²) >= 11 is 0. The molecule has 1 aromatic carbocycles. The Morgan fingerprint density at radius 2 is 1.91 bits per heavy atom. The molecule has 0 spiro atoms. The van der Waals surface area contributed by atoms with Gasteiger partial charge in [-0.3, -0.25) is 9.78 Å². The lowest BCUT2D eigenvalue weighted by atomic mass is 10.1. The molecular formula is C23H27ClFN7O. The second kappa shape index (κ2) is 10.9. The van der Waals surface area contributed by atoms with Gasteiger partial charge in [-0.25, -0.2) is 14.4 Å². The summed E-state index contributed by atoms with van der Waals surface area (Å²) in [6, 6.07) is 10.4. The Labute approximate surface area is 198 Å². The van der Waals surface area contributed by atoms with Gasteiger partial charge < -0.3 is 20.9 Å². The Balaban J connectivity index is 0.00000306. The van der Waals surface area contributed by atoms with Crippen molar-refractivity contribution in [3.8, 4) is 0 Å². The first-order chi connectivity index (χ1) is 15.5. The molecule has 0 saturated carbocycles. The van der Waals surface area contributed by atoms with E-state index in [1.54, 1.807) is 30.7 Å². The number of nitrogens with one attached hydrogen (secondary N) is 3. The van der Waals surface area contributed by atoms with Crippen LogP contribution in [0.2, 0.25) is 0 Å². The number of halogens is 2. The van der Waals surface area contributed by atoms with Crippen molar-refractivity contribution in [3.05, 3.63) is 66.4 Å². The van der Waals surface area contributed by atoms with Crippen molar-refractivity contribution in [1.29, 1.82) is 0 Å². The van der Waals surface area contributed by atoms with Crippen LogP contribution in [0.4, 0.5) is 27.5 Å². The van der Waals surface area contributed by atoms with Crippen LogP contribution >= 0.6 is 12.4 Å². The Kier molecular flexibility index (Phi) is 8.00. The van der Waals surface area contributed by atoms with Crippen molar-refractivity contribution in [3.63, 3.8) is 0 Å². The standard InChI is InChI=1S/C23H26FN7O.ClH/c1-15(17-3-5-18(24)6-4-17)27-21-11-20(31-10-7-19(14-31)28-16(2)32)12-22(29-21)30-23-13-25-8-9-26-23;/h3-6,8-9,11-13,15,19H,7,10,14H2,1-2H3,(H,28,32)(H2,26,27,29,30);1H/t15-,19?;/m0./s1. The molecule has 1 saturated heterocycles. The monoisotopic (exact) mass is 471 g/mol. The maximum atomic E-state index is 13.3. The molecule has 2 atom stereocenters. The second-order valence-corrected chi connectivity index (χ2v) is 7.86. The van der Waals surface area contributed by atoms with Crippen LogP contribution in [0, 0.1) is 5.82 Å². The Morgan fingerprint density at radius 1 is 1.15 bits per heavy atom. The molecule has 1 fully saturated rings. The summed E-state index contributed by atoms with van der Waals surface area (Å²) < 4.78 is 13.3. The Morgan fingerprint density at radius 3 is 2.61 bits per heavy atom. The van der Waals surface area contributed by atoms with Crippen LogP contribution in [0.15, 0.2) is 55.0 Å². The molecule has 1 aliphatic rings. The number of carbonyl (C=O) groups is 1. The third kappa shape index (κ3) is 6.52. The predicted octanol–water partition coefficient (Wildman–Crippen LogP) is 4.06. The normalized spacial score (nSPS) is 16.0. The summed E-state index contributed by atoms with van der Waals surface area (Å²) in [7, 11) is 0. The summed E-state index contributed by atoms with van der Waals surface area (Å²) in [5, 5.41) is 9.60. The van der Waals surface area contributed by atoms with Gasteiger partial charge in [-0.05, 0) is 31.0 Å². The first-order valence-corrected chi connectivity index (χ1v) is 10.6. The number of nitrogens with zero attached hydrogens (tertiary/aromatic N) is 4. The van der Waals surface area contributed by atoms with Gasteiger partial charge in [0.2, 0.25) is 5.91 Å². The van der Waals surface area contributed by atoms with Crippen molar-refractivity contribution in [2.75, 3.05) is 28.6 Å². The highest BCUT2D eigenvalue weighted by molar-refractivity contribution is 5.85. The maximum absolute atomic E-state index is 13.3. The van der Waals surface area contributed by atoms with E-state index >= 15 is 0 Å². The SMILES string of the molecule is CC(=O)NC1CCN(c2cc(Nc3cnccn3)nc(N[C@@H](C)c3ccc(F)cc3)c2)C1.Cl. The lowest BCUT2D eigenvalue weighted by Gasteiger charge is -2.22. The second-order valence-electron chi connectivity index (χ2n) is 7.86. The number of hydrogen-bond acceptors (Lipinski definition) is 7. The van der Waals surface area contributed by atoms with Gasteiger partial charge in [0, 0.05) is 62.3 Å². The van der Waals surface area contributed by atoms with Crippen LogP contribution in [-0.4, -0.2) is 40.0 Å². The topological polar surface area (TPSA) is 95.1 Å². The zero-order valence-electron chi connectivity index (χ0n) is 18.5. The van der Waals surface area contributed by atoms with Gasteiger partial charge in [0.1, 0.15) is 23.3 Å². The van der Waals surface area contributed by atoms with Crippen molar-refractivity contribution in [2.45, 2.75) is 32.4 Å². The van der Waals surface area contributed by atoms with E-state index in [4.69, 9.17) is 4.98 Å².